The monoisotopic (exact) mass is 245 g/mol. The van der Waals surface area contributed by atoms with Gasteiger partial charge in [-0.25, -0.2) is 14.6 Å². The maximum absolute atomic E-state index is 4.27. The van der Waals surface area contributed by atoms with Crippen molar-refractivity contribution in [3.8, 4) is 5.95 Å². The van der Waals surface area contributed by atoms with Gasteiger partial charge in [0.2, 0.25) is 5.95 Å². The highest BCUT2D eigenvalue weighted by Crippen LogP contribution is 2.04. The molecule has 0 amide bonds. The third kappa shape index (κ3) is 3.63. The second kappa shape index (κ2) is 6.86. The van der Waals surface area contributed by atoms with Gasteiger partial charge in [0, 0.05) is 18.6 Å². The molecule has 0 aliphatic rings. The zero-order chi connectivity index (χ0) is 12.6. The Morgan fingerprint density at radius 2 is 2.06 bits per heavy atom. The van der Waals surface area contributed by atoms with Crippen molar-refractivity contribution in [2.75, 3.05) is 13.1 Å². The van der Waals surface area contributed by atoms with E-state index in [2.05, 4.69) is 27.3 Å². The van der Waals surface area contributed by atoms with Crippen molar-refractivity contribution in [1.29, 1.82) is 0 Å². The number of rotatable bonds is 7. The Labute approximate surface area is 107 Å². The van der Waals surface area contributed by atoms with Gasteiger partial charge in [0.15, 0.2) is 0 Å². The number of nitrogens with zero attached hydrogens (tertiary/aromatic N) is 4. The van der Waals surface area contributed by atoms with E-state index in [0.29, 0.717) is 5.95 Å². The fourth-order valence-corrected chi connectivity index (χ4v) is 1.73. The molecule has 0 fully saturated rings. The minimum absolute atomic E-state index is 0.618. The van der Waals surface area contributed by atoms with Gasteiger partial charge in [-0.2, -0.15) is 5.10 Å². The van der Waals surface area contributed by atoms with Crippen LogP contribution >= 0.6 is 0 Å². The summed E-state index contributed by atoms with van der Waals surface area (Å²) in [6, 6.07) is 1.80. The third-order valence-electron chi connectivity index (χ3n) is 2.64. The summed E-state index contributed by atoms with van der Waals surface area (Å²) in [6.45, 7) is 4.33. The molecule has 5 heteroatoms. The molecule has 0 bridgehead atoms. The molecule has 0 aliphatic heterocycles. The van der Waals surface area contributed by atoms with Gasteiger partial charge in [-0.3, -0.25) is 0 Å². The summed E-state index contributed by atoms with van der Waals surface area (Å²) in [5.41, 5.74) is 1.22. The van der Waals surface area contributed by atoms with Gasteiger partial charge in [0.1, 0.15) is 0 Å². The van der Waals surface area contributed by atoms with Crippen LogP contribution in [-0.2, 0) is 6.42 Å². The molecule has 0 aliphatic carbocycles. The molecule has 0 aromatic carbocycles. The highest BCUT2D eigenvalue weighted by atomic mass is 15.3. The summed E-state index contributed by atoms with van der Waals surface area (Å²) in [4.78, 5) is 8.32. The molecule has 2 rings (SSSR count). The van der Waals surface area contributed by atoms with Crippen LogP contribution in [0.1, 0.15) is 25.3 Å². The van der Waals surface area contributed by atoms with Crippen LogP contribution < -0.4 is 5.32 Å². The van der Waals surface area contributed by atoms with Gasteiger partial charge in [-0.15, -0.1) is 0 Å². The summed E-state index contributed by atoms with van der Waals surface area (Å²) in [5.74, 6) is 0.618. The Hall–Kier alpha value is -1.75. The molecule has 0 unspecified atom stereocenters. The molecule has 0 saturated heterocycles. The quantitative estimate of drug-likeness (QED) is 0.753. The van der Waals surface area contributed by atoms with Crippen LogP contribution in [0, 0.1) is 0 Å². The lowest BCUT2D eigenvalue weighted by Crippen LogP contribution is -2.16. The van der Waals surface area contributed by atoms with Crippen LogP contribution in [0.4, 0.5) is 0 Å². The standard InChI is InChI=1S/C13H19N5/c1-2-6-14-7-3-5-12-10-17-18(11-12)13-15-8-4-9-16-13/h4,8-11,14H,2-3,5-7H2,1H3. The van der Waals surface area contributed by atoms with Crippen LogP contribution in [0.3, 0.4) is 0 Å². The van der Waals surface area contributed by atoms with Crippen molar-refractivity contribution in [2.45, 2.75) is 26.2 Å². The molecular weight excluding hydrogens is 226 g/mol. The van der Waals surface area contributed by atoms with Crippen molar-refractivity contribution in [2.24, 2.45) is 0 Å². The molecular formula is C13H19N5. The molecule has 18 heavy (non-hydrogen) atoms. The van der Waals surface area contributed by atoms with E-state index in [1.165, 1.54) is 12.0 Å². The largest absolute Gasteiger partial charge is 0.317 e. The summed E-state index contributed by atoms with van der Waals surface area (Å²) < 4.78 is 1.72. The van der Waals surface area contributed by atoms with Gasteiger partial charge < -0.3 is 5.32 Å². The van der Waals surface area contributed by atoms with Gasteiger partial charge in [0.25, 0.3) is 0 Å². The number of hydrogen-bond donors (Lipinski definition) is 1. The minimum atomic E-state index is 0.618. The summed E-state index contributed by atoms with van der Waals surface area (Å²) in [5, 5.41) is 7.66. The van der Waals surface area contributed by atoms with Gasteiger partial charge in [-0.1, -0.05) is 6.92 Å². The van der Waals surface area contributed by atoms with Gasteiger partial charge >= 0.3 is 0 Å². The Morgan fingerprint density at radius 3 is 2.83 bits per heavy atom. The third-order valence-corrected chi connectivity index (χ3v) is 2.64. The first kappa shape index (κ1) is 12.7. The second-order valence-corrected chi connectivity index (χ2v) is 4.20. The molecule has 0 spiro atoms. The molecule has 0 radical (unpaired) electrons. The summed E-state index contributed by atoms with van der Waals surface area (Å²) in [7, 11) is 0. The van der Waals surface area contributed by atoms with E-state index in [0.717, 1.165) is 25.9 Å². The Kier molecular flexibility index (Phi) is 4.84. The van der Waals surface area contributed by atoms with Crippen LogP contribution in [0.5, 0.6) is 0 Å². The number of hydrogen-bond acceptors (Lipinski definition) is 4. The molecule has 0 saturated carbocycles. The van der Waals surface area contributed by atoms with E-state index < -0.39 is 0 Å². The Morgan fingerprint density at radius 1 is 1.22 bits per heavy atom. The smallest absolute Gasteiger partial charge is 0.250 e. The van der Waals surface area contributed by atoms with Crippen molar-refractivity contribution < 1.29 is 0 Å². The van der Waals surface area contributed by atoms with Crippen LogP contribution in [-0.4, -0.2) is 32.8 Å². The van der Waals surface area contributed by atoms with E-state index in [4.69, 9.17) is 0 Å². The van der Waals surface area contributed by atoms with Crippen molar-refractivity contribution >= 4 is 0 Å². The lowest BCUT2D eigenvalue weighted by Gasteiger charge is -2.01. The lowest BCUT2D eigenvalue weighted by atomic mass is 10.2. The first-order valence-electron chi connectivity index (χ1n) is 6.42. The average Bonchev–Trinajstić information content (AvgIpc) is 2.88. The molecule has 5 nitrogen and oxygen atoms in total. The van der Waals surface area contributed by atoms with E-state index in [1.807, 2.05) is 12.4 Å². The Balaban J connectivity index is 1.83. The number of nitrogens with one attached hydrogen (secondary N) is 1. The normalized spacial score (nSPS) is 10.7. The first-order chi connectivity index (χ1) is 8.90. The lowest BCUT2D eigenvalue weighted by molar-refractivity contribution is 0.640. The maximum Gasteiger partial charge on any atom is 0.250 e. The predicted molar refractivity (Wildman–Crippen MR) is 70.6 cm³/mol. The molecule has 2 aromatic rings. The van der Waals surface area contributed by atoms with E-state index >= 15 is 0 Å². The maximum atomic E-state index is 4.27. The van der Waals surface area contributed by atoms with Crippen molar-refractivity contribution in [3.05, 3.63) is 36.4 Å². The fraction of sp³-hybridized carbons (Fsp3) is 0.462. The van der Waals surface area contributed by atoms with Crippen LogP contribution in [0.25, 0.3) is 5.95 Å². The highest BCUT2D eigenvalue weighted by molar-refractivity contribution is 5.13. The van der Waals surface area contributed by atoms with Crippen LogP contribution in [0.2, 0.25) is 0 Å². The second-order valence-electron chi connectivity index (χ2n) is 4.20. The SMILES string of the molecule is CCCNCCCc1cnn(-c2ncccn2)c1. The van der Waals surface area contributed by atoms with Crippen molar-refractivity contribution in [1.82, 2.24) is 25.1 Å². The molecule has 2 heterocycles. The molecule has 0 atom stereocenters. The van der Waals surface area contributed by atoms with E-state index in [1.54, 1.807) is 23.1 Å². The Bertz CT molecular complexity index is 451. The molecule has 96 valence electrons. The highest BCUT2D eigenvalue weighted by Gasteiger charge is 2.02. The average molecular weight is 245 g/mol. The van der Waals surface area contributed by atoms with E-state index in [-0.39, 0.29) is 0 Å². The van der Waals surface area contributed by atoms with E-state index in [9.17, 15) is 0 Å². The fourth-order valence-electron chi connectivity index (χ4n) is 1.73. The van der Waals surface area contributed by atoms with Crippen molar-refractivity contribution in [3.63, 3.8) is 0 Å². The zero-order valence-electron chi connectivity index (χ0n) is 10.7. The van der Waals surface area contributed by atoms with Gasteiger partial charge in [-0.05, 0) is 44.0 Å². The van der Waals surface area contributed by atoms with Gasteiger partial charge in [0.05, 0.1) is 6.20 Å². The zero-order valence-corrected chi connectivity index (χ0v) is 10.7. The number of aryl methyl sites for hydroxylation is 1. The predicted octanol–water partition coefficient (Wildman–Crippen LogP) is 1.59. The first-order valence-corrected chi connectivity index (χ1v) is 6.42. The summed E-state index contributed by atoms with van der Waals surface area (Å²) in [6.07, 6.45) is 10.7. The minimum Gasteiger partial charge on any atom is -0.317 e. The van der Waals surface area contributed by atoms with Crippen LogP contribution in [0.15, 0.2) is 30.9 Å². The summed E-state index contributed by atoms with van der Waals surface area (Å²) >= 11 is 0. The molecule has 1 N–H and O–H groups in total. The molecule has 2 aromatic heterocycles. The topological polar surface area (TPSA) is 55.6 Å². The number of aromatic nitrogens is 4.